The van der Waals surface area contributed by atoms with E-state index in [1.54, 1.807) is 6.07 Å². The van der Waals surface area contributed by atoms with Gasteiger partial charge in [-0.3, -0.25) is 0 Å². The Morgan fingerprint density at radius 3 is 2.25 bits per heavy atom. The molecule has 0 heterocycles. The largest absolute Gasteiger partial charge is 0.306 e. The van der Waals surface area contributed by atoms with Crippen LogP contribution in [0.15, 0.2) is 48.5 Å². The van der Waals surface area contributed by atoms with Crippen molar-refractivity contribution in [3.8, 4) is 0 Å². The van der Waals surface area contributed by atoms with Crippen LogP contribution < -0.4 is 0 Å². The highest BCUT2D eigenvalue weighted by molar-refractivity contribution is 6.30. The number of nitrogens with zero attached hydrogens (tertiary/aromatic N) is 1. The Kier molecular flexibility index (Phi) is 5.16. The molecule has 0 N–H and O–H groups in total. The molecule has 0 radical (unpaired) electrons. The van der Waals surface area contributed by atoms with Gasteiger partial charge in [0.25, 0.3) is 0 Å². The van der Waals surface area contributed by atoms with Crippen LogP contribution >= 0.6 is 11.6 Å². The van der Waals surface area contributed by atoms with Gasteiger partial charge < -0.3 is 4.90 Å². The standard InChI is InChI=1S/C17H19ClFN/c1-20(2)15(10-13-6-4-3-5-7-13)11-14-8-9-17(19)16(18)12-14/h3-9,12,15H,10-11H2,1-2H3. The van der Waals surface area contributed by atoms with Gasteiger partial charge in [0.1, 0.15) is 5.82 Å². The molecule has 0 saturated carbocycles. The molecule has 0 aliphatic heterocycles. The summed E-state index contributed by atoms with van der Waals surface area (Å²) in [5.41, 5.74) is 2.37. The van der Waals surface area contributed by atoms with Crippen molar-refractivity contribution in [2.24, 2.45) is 0 Å². The van der Waals surface area contributed by atoms with Gasteiger partial charge in [-0.1, -0.05) is 48.0 Å². The molecular weight excluding hydrogens is 273 g/mol. The number of rotatable bonds is 5. The van der Waals surface area contributed by atoms with Crippen molar-refractivity contribution in [3.63, 3.8) is 0 Å². The van der Waals surface area contributed by atoms with Crippen molar-refractivity contribution in [1.29, 1.82) is 0 Å². The quantitative estimate of drug-likeness (QED) is 0.798. The second-order valence-corrected chi connectivity index (χ2v) is 5.67. The average molecular weight is 292 g/mol. The maximum atomic E-state index is 13.2. The van der Waals surface area contributed by atoms with E-state index in [-0.39, 0.29) is 10.8 Å². The maximum absolute atomic E-state index is 13.2. The molecule has 0 aliphatic rings. The lowest BCUT2D eigenvalue weighted by molar-refractivity contribution is 0.289. The van der Waals surface area contributed by atoms with E-state index in [9.17, 15) is 4.39 Å². The summed E-state index contributed by atoms with van der Waals surface area (Å²) in [7, 11) is 4.14. The first kappa shape index (κ1) is 15.0. The number of halogens is 2. The molecule has 2 rings (SSSR count). The molecule has 0 saturated heterocycles. The highest BCUT2D eigenvalue weighted by Crippen LogP contribution is 2.19. The molecule has 1 nitrogen and oxygen atoms in total. The van der Waals surface area contributed by atoms with E-state index in [1.165, 1.54) is 11.6 Å². The average Bonchev–Trinajstić information content (AvgIpc) is 2.43. The van der Waals surface area contributed by atoms with E-state index in [0.717, 1.165) is 18.4 Å². The van der Waals surface area contributed by atoms with Crippen molar-refractivity contribution in [1.82, 2.24) is 4.90 Å². The van der Waals surface area contributed by atoms with Crippen molar-refractivity contribution in [2.45, 2.75) is 18.9 Å². The summed E-state index contributed by atoms with van der Waals surface area (Å²) in [4.78, 5) is 2.20. The zero-order chi connectivity index (χ0) is 14.5. The van der Waals surface area contributed by atoms with Crippen LogP contribution in [0.4, 0.5) is 4.39 Å². The number of hydrogen-bond acceptors (Lipinski definition) is 1. The van der Waals surface area contributed by atoms with Gasteiger partial charge in [-0.25, -0.2) is 4.39 Å². The van der Waals surface area contributed by atoms with Crippen molar-refractivity contribution >= 4 is 11.6 Å². The SMILES string of the molecule is CN(C)C(Cc1ccccc1)Cc1ccc(F)c(Cl)c1. The second kappa shape index (κ2) is 6.87. The fraction of sp³-hybridized carbons (Fsp3) is 0.294. The molecule has 20 heavy (non-hydrogen) atoms. The lowest BCUT2D eigenvalue weighted by Crippen LogP contribution is -2.32. The third-order valence-corrected chi connectivity index (χ3v) is 3.79. The van der Waals surface area contributed by atoms with Crippen molar-refractivity contribution in [3.05, 3.63) is 70.5 Å². The minimum absolute atomic E-state index is 0.194. The first-order valence-corrected chi connectivity index (χ1v) is 7.08. The molecule has 1 atom stereocenters. The zero-order valence-electron chi connectivity index (χ0n) is 11.8. The highest BCUT2D eigenvalue weighted by Gasteiger charge is 2.14. The first-order valence-electron chi connectivity index (χ1n) is 6.70. The van der Waals surface area contributed by atoms with Gasteiger partial charge in [0.2, 0.25) is 0 Å². The summed E-state index contributed by atoms with van der Waals surface area (Å²) in [6.07, 6.45) is 1.81. The van der Waals surface area contributed by atoms with Crippen molar-refractivity contribution < 1.29 is 4.39 Å². The molecule has 3 heteroatoms. The van der Waals surface area contributed by atoms with Crippen LogP contribution in [0.3, 0.4) is 0 Å². The Bertz CT molecular complexity index is 554. The fourth-order valence-corrected chi connectivity index (χ4v) is 2.47. The predicted octanol–water partition coefficient (Wildman–Crippen LogP) is 4.19. The van der Waals surface area contributed by atoms with Gasteiger partial charge in [-0.15, -0.1) is 0 Å². The van der Waals surface area contributed by atoms with E-state index in [0.29, 0.717) is 6.04 Å². The number of likely N-dealkylation sites (N-methyl/N-ethyl adjacent to an activating group) is 1. The van der Waals surface area contributed by atoms with Crippen LogP contribution in [0.5, 0.6) is 0 Å². The first-order chi connectivity index (χ1) is 9.56. The summed E-state index contributed by atoms with van der Waals surface area (Å²) in [5.74, 6) is -0.361. The summed E-state index contributed by atoms with van der Waals surface area (Å²) in [6, 6.07) is 15.7. The van der Waals surface area contributed by atoms with Gasteiger partial charge in [0, 0.05) is 6.04 Å². The lowest BCUT2D eigenvalue weighted by Gasteiger charge is -2.24. The minimum Gasteiger partial charge on any atom is -0.306 e. The molecular formula is C17H19ClFN. The summed E-state index contributed by atoms with van der Waals surface area (Å²) < 4.78 is 13.2. The molecule has 0 bridgehead atoms. The molecule has 0 amide bonds. The highest BCUT2D eigenvalue weighted by atomic mass is 35.5. The van der Waals surface area contributed by atoms with E-state index >= 15 is 0 Å². The second-order valence-electron chi connectivity index (χ2n) is 5.26. The normalized spacial score (nSPS) is 12.7. The van der Waals surface area contributed by atoms with E-state index in [2.05, 4.69) is 43.3 Å². The molecule has 0 spiro atoms. The van der Waals surface area contributed by atoms with Gasteiger partial charge in [-0.2, -0.15) is 0 Å². The van der Waals surface area contributed by atoms with E-state index in [1.807, 2.05) is 12.1 Å². The van der Waals surface area contributed by atoms with Gasteiger partial charge in [0.05, 0.1) is 5.02 Å². The molecule has 0 aliphatic carbocycles. The van der Waals surface area contributed by atoms with Crippen LogP contribution in [0.2, 0.25) is 5.02 Å². The van der Waals surface area contributed by atoms with Crippen LogP contribution in [0.25, 0.3) is 0 Å². The van der Waals surface area contributed by atoms with E-state index in [4.69, 9.17) is 11.6 Å². The third kappa shape index (κ3) is 4.06. The van der Waals surface area contributed by atoms with Gasteiger partial charge in [0.15, 0.2) is 0 Å². The molecule has 0 aromatic heterocycles. The molecule has 0 fully saturated rings. The third-order valence-electron chi connectivity index (χ3n) is 3.50. The van der Waals surface area contributed by atoms with Crippen LogP contribution in [-0.2, 0) is 12.8 Å². The number of benzene rings is 2. The molecule has 106 valence electrons. The fourth-order valence-electron chi connectivity index (χ4n) is 2.26. The van der Waals surface area contributed by atoms with Gasteiger partial charge in [-0.05, 0) is 50.2 Å². The zero-order valence-corrected chi connectivity index (χ0v) is 12.6. The lowest BCUT2D eigenvalue weighted by atomic mass is 9.98. The maximum Gasteiger partial charge on any atom is 0.141 e. The molecule has 1 unspecified atom stereocenters. The summed E-state index contributed by atoms with van der Waals surface area (Å²) >= 11 is 5.85. The Morgan fingerprint density at radius 2 is 1.65 bits per heavy atom. The van der Waals surface area contributed by atoms with Crippen LogP contribution in [0, 0.1) is 5.82 Å². The molecule has 2 aromatic carbocycles. The van der Waals surface area contributed by atoms with Crippen LogP contribution in [0.1, 0.15) is 11.1 Å². The smallest absolute Gasteiger partial charge is 0.141 e. The Balaban J connectivity index is 2.11. The van der Waals surface area contributed by atoms with Gasteiger partial charge >= 0.3 is 0 Å². The monoisotopic (exact) mass is 291 g/mol. The molecule has 2 aromatic rings. The van der Waals surface area contributed by atoms with Crippen LogP contribution in [-0.4, -0.2) is 25.0 Å². The Labute approximate surface area is 125 Å². The topological polar surface area (TPSA) is 3.24 Å². The minimum atomic E-state index is -0.361. The Hall–Kier alpha value is -1.38. The van der Waals surface area contributed by atoms with Crippen molar-refractivity contribution in [2.75, 3.05) is 14.1 Å². The predicted molar refractivity (Wildman–Crippen MR) is 82.7 cm³/mol. The summed E-state index contributed by atoms with van der Waals surface area (Å²) in [5, 5.41) is 0.194. The van der Waals surface area contributed by atoms with E-state index < -0.39 is 0 Å². The number of hydrogen-bond donors (Lipinski definition) is 0. The summed E-state index contributed by atoms with van der Waals surface area (Å²) in [6.45, 7) is 0. The Morgan fingerprint density at radius 1 is 1.00 bits per heavy atom.